The minimum atomic E-state index is 0.0608. The van der Waals surface area contributed by atoms with Crippen LogP contribution in [0.2, 0.25) is 0 Å². The summed E-state index contributed by atoms with van der Waals surface area (Å²) >= 11 is 0. The normalized spacial score (nSPS) is 22.0. The smallest absolute Gasteiger partial charge is 0.257 e. The molecule has 0 unspecified atom stereocenters. The fourth-order valence-corrected chi connectivity index (χ4v) is 4.12. The molecular formula is C19H31N5O3. The molecule has 27 heavy (non-hydrogen) atoms. The summed E-state index contributed by atoms with van der Waals surface area (Å²) in [6.45, 7) is 4.51. The molecule has 1 aromatic rings. The Hall–Kier alpha value is -1.93. The number of nitrogens with one attached hydrogen (secondary N) is 1. The number of ether oxygens (including phenoxy) is 1. The van der Waals surface area contributed by atoms with Crippen molar-refractivity contribution in [2.45, 2.75) is 31.7 Å². The molecule has 2 fully saturated rings. The number of rotatable bonds is 6. The molecule has 150 valence electrons. The number of likely N-dealkylation sites (tertiary alicyclic amines) is 2. The highest BCUT2D eigenvalue weighted by Gasteiger charge is 2.32. The highest BCUT2D eigenvalue weighted by Crippen LogP contribution is 2.24. The van der Waals surface area contributed by atoms with Crippen LogP contribution in [0.5, 0.6) is 0 Å². The standard InChI is InChI=1S/C19H31N5O3/c1-22-13-16(12-21-22)19(26)23-9-5-17(6-10-23)24-8-3-4-15(14-24)18(25)20-7-11-27-2/h12-13,15,17H,3-11,14H2,1-2H3,(H,20,25)/t15-/m0/s1. The lowest BCUT2D eigenvalue weighted by molar-refractivity contribution is -0.127. The molecular weight excluding hydrogens is 346 g/mol. The number of amides is 2. The van der Waals surface area contributed by atoms with Crippen molar-refractivity contribution in [3.8, 4) is 0 Å². The predicted octanol–water partition coefficient (Wildman–Crippen LogP) is 0.499. The van der Waals surface area contributed by atoms with E-state index in [9.17, 15) is 9.59 Å². The molecule has 1 atom stereocenters. The van der Waals surface area contributed by atoms with E-state index < -0.39 is 0 Å². The Morgan fingerprint density at radius 2 is 2.04 bits per heavy atom. The van der Waals surface area contributed by atoms with Crippen molar-refractivity contribution in [2.75, 3.05) is 46.4 Å². The SMILES string of the molecule is COCCNC(=O)[C@H]1CCCN(C2CCN(C(=O)c3cnn(C)c3)CC2)C1. The first kappa shape index (κ1) is 19.8. The third-order valence-electron chi connectivity index (χ3n) is 5.65. The van der Waals surface area contributed by atoms with E-state index in [1.54, 1.807) is 24.2 Å². The van der Waals surface area contributed by atoms with Crippen LogP contribution in [0.25, 0.3) is 0 Å². The molecule has 1 aromatic heterocycles. The van der Waals surface area contributed by atoms with E-state index in [-0.39, 0.29) is 17.7 Å². The van der Waals surface area contributed by atoms with Crippen LogP contribution >= 0.6 is 0 Å². The van der Waals surface area contributed by atoms with Gasteiger partial charge in [0.05, 0.1) is 24.3 Å². The number of carbonyl (C=O) groups excluding carboxylic acids is 2. The highest BCUT2D eigenvalue weighted by molar-refractivity contribution is 5.93. The zero-order valence-corrected chi connectivity index (χ0v) is 16.4. The first-order valence-corrected chi connectivity index (χ1v) is 9.87. The number of nitrogens with zero attached hydrogens (tertiary/aromatic N) is 4. The monoisotopic (exact) mass is 377 g/mol. The second-order valence-electron chi connectivity index (χ2n) is 7.54. The Labute approximate surface area is 160 Å². The number of aromatic nitrogens is 2. The van der Waals surface area contributed by atoms with Gasteiger partial charge in [0, 0.05) is 52.6 Å². The lowest BCUT2D eigenvalue weighted by Crippen LogP contribution is -2.51. The molecule has 0 radical (unpaired) electrons. The second kappa shape index (κ2) is 9.32. The van der Waals surface area contributed by atoms with Crippen LogP contribution in [-0.4, -0.2) is 83.9 Å². The van der Waals surface area contributed by atoms with Crippen LogP contribution in [0.15, 0.2) is 12.4 Å². The second-order valence-corrected chi connectivity index (χ2v) is 7.54. The first-order valence-electron chi connectivity index (χ1n) is 9.87. The maximum Gasteiger partial charge on any atom is 0.257 e. The van der Waals surface area contributed by atoms with Gasteiger partial charge in [0.15, 0.2) is 0 Å². The van der Waals surface area contributed by atoms with E-state index >= 15 is 0 Å². The zero-order valence-electron chi connectivity index (χ0n) is 16.4. The highest BCUT2D eigenvalue weighted by atomic mass is 16.5. The van der Waals surface area contributed by atoms with Crippen LogP contribution in [0.3, 0.4) is 0 Å². The van der Waals surface area contributed by atoms with Gasteiger partial charge in [0.1, 0.15) is 0 Å². The Kier molecular flexibility index (Phi) is 6.84. The molecule has 8 heteroatoms. The van der Waals surface area contributed by atoms with Crippen LogP contribution in [0, 0.1) is 5.92 Å². The fourth-order valence-electron chi connectivity index (χ4n) is 4.12. The van der Waals surface area contributed by atoms with Crippen molar-refractivity contribution in [1.82, 2.24) is 24.9 Å². The lowest BCUT2D eigenvalue weighted by atomic mass is 9.93. The quantitative estimate of drug-likeness (QED) is 0.731. The number of carbonyl (C=O) groups is 2. The van der Waals surface area contributed by atoms with Gasteiger partial charge in [-0.15, -0.1) is 0 Å². The maximum absolute atomic E-state index is 12.6. The van der Waals surface area contributed by atoms with Gasteiger partial charge < -0.3 is 15.0 Å². The summed E-state index contributed by atoms with van der Waals surface area (Å²) in [7, 11) is 3.46. The average Bonchev–Trinajstić information content (AvgIpc) is 3.14. The van der Waals surface area contributed by atoms with Gasteiger partial charge in [-0.3, -0.25) is 19.2 Å². The number of piperidine rings is 2. The molecule has 3 rings (SSSR count). The zero-order chi connectivity index (χ0) is 19.2. The molecule has 0 bridgehead atoms. The van der Waals surface area contributed by atoms with Gasteiger partial charge in [-0.1, -0.05) is 0 Å². The third-order valence-corrected chi connectivity index (χ3v) is 5.65. The van der Waals surface area contributed by atoms with E-state index in [2.05, 4.69) is 15.3 Å². The topological polar surface area (TPSA) is 79.7 Å². The van der Waals surface area contributed by atoms with Crippen molar-refractivity contribution >= 4 is 11.8 Å². The Morgan fingerprint density at radius 1 is 1.26 bits per heavy atom. The van der Waals surface area contributed by atoms with E-state index in [4.69, 9.17) is 4.74 Å². The summed E-state index contributed by atoms with van der Waals surface area (Å²) in [5.41, 5.74) is 0.654. The van der Waals surface area contributed by atoms with Crippen molar-refractivity contribution in [2.24, 2.45) is 13.0 Å². The Bertz CT molecular complexity index is 639. The Morgan fingerprint density at radius 3 is 2.70 bits per heavy atom. The van der Waals surface area contributed by atoms with E-state index in [0.717, 1.165) is 51.9 Å². The molecule has 2 aliphatic heterocycles. The molecule has 1 N–H and O–H groups in total. The molecule has 2 saturated heterocycles. The van der Waals surface area contributed by atoms with Crippen molar-refractivity contribution < 1.29 is 14.3 Å². The number of hydrogen-bond donors (Lipinski definition) is 1. The summed E-state index contributed by atoms with van der Waals surface area (Å²) in [6, 6.07) is 0.456. The van der Waals surface area contributed by atoms with Crippen LogP contribution in [0.1, 0.15) is 36.0 Å². The largest absolute Gasteiger partial charge is 0.383 e. The van der Waals surface area contributed by atoms with Crippen LogP contribution in [0.4, 0.5) is 0 Å². The molecule has 2 amide bonds. The molecule has 0 aromatic carbocycles. The molecule has 0 aliphatic carbocycles. The molecule has 2 aliphatic rings. The molecule has 0 spiro atoms. The number of aryl methyl sites for hydroxylation is 1. The summed E-state index contributed by atoms with van der Waals surface area (Å²) in [6.07, 6.45) is 7.33. The van der Waals surface area contributed by atoms with Crippen molar-refractivity contribution in [3.63, 3.8) is 0 Å². The number of methoxy groups -OCH3 is 1. The third kappa shape index (κ3) is 5.07. The summed E-state index contributed by atoms with van der Waals surface area (Å²) in [4.78, 5) is 29.3. The van der Waals surface area contributed by atoms with Gasteiger partial charge in [-0.2, -0.15) is 5.10 Å². The van der Waals surface area contributed by atoms with E-state index in [1.807, 2.05) is 11.9 Å². The van der Waals surface area contributed by atoms with Crippen molar-refractivity contribution in [3.05, 3.63) is 18.0 Å². The summed E-state index contributed by atoms with van der Waals surface area (Å²) < 4.78 is 6.65. The minimum Gasteiger partial charge on any atom is -0.383 e. The predicted molar refractivity (Wildman–Crippen MR) is 101 cm³/mol. The fraction of sp³-hybridized carbons (Fsp3) is 0.737. The lowest BCUT2D eigenvalue weighted by Gasteiger charge is -2.42. The van der Waals surface area contributed by atoms with E-state index in [1.165, 1.54) is 0 Å². The van der Waals surface area contributed by atoms with Crippen LogP contribution < -0.4 is 5.32 Å². The van der Waals surface area contributed by atoms with Gasteiger partial charge in [0.25, 0.3) is 5.91 Å². The first-order chi connectivity index (χ1) is 13.1. The van der Waals surface area contributed by atoms with E-state index in [0.29, 0.717) is 24.8 Å². The van der Waals surface area contributed by atoms with Gasteiger partial charge >= 0.3 is 0 Å². The summed E-state index contributed by atoms with van der Waals surface area (Å²) in [5.74, 6) is 0.266. The van der Waals surface area contributed by atoms with Crippen molar-refractivity contribution in [1.29, 1.82) is 0 Å². The average molecular weight is 377 g/mol. The minimum absolute atomic E-state index is 0.0608. The maximum atomic E-state index is 12.6. The van der Waals surface area contributed by atoms with Gasteiger partial charge in [-0.25, -0.2) is 0 Å². The molecule has 3 heterocycles. The molecule has 8 nitrogen and oxygen atoms in total. The molecule has 0 saturated carbocycles. The Balaban J connectivity index is 1.47. The number of hydrogen-bond acceptors (Lipinski definition) is 5. The summed E-state index contributed by atoms with van der Waals surface area (Å²) in [5, 5.41) is 7.06. The van der Waals surface area contributed by atoms with Crippen LogP contribution in [-0.2, 0) is 16.6 Å². The van der Waals surface area contributed by atoms with Gasteiger partial charge in [0.2, 0.25) is 5.91 Å². The van der Waals surface area contributed by atoms with Gasteiger partial charge in [-0.05, 0) is 32.2 Å².